The summed E-state index contributed by atoms with van der Waals surface area (Å²) in [7, 11) is 3.19. The molecule has 2 amide bonds. The lowest BCUT2D eigenvalue weighted by Gasteiger charge is -2.31. The van der Waals surface area contributed by atoms with E-state index < -0.39 is 16.9 Å². The SMILES string of the molecule is CN1C(=O)/C(=c2\sc3n(c2=O)C(N)=C(C#N)C2(C(=O)N(C)c4ccccc42)C=3C#N)c2ccccc21. The van der Waals surface area contributed by atoms with Crippen molar-refractivity contribution in [3.63, 3.8) is 0 Å². The topological polar surface area (TPSA) is 136 Å². The van der Waals surface area contributed by atoms with E-state index >= 15 is 0 Å². The van der Waals surface area contributed by atoms with E-state index in [1.165, 1.54) is 9.80 Å². The zero-order valence-corrected chi connectivity index (χ0v) is 19.9. The van der Waals surface area contributed by atoms with Gasteiger partial charge in [0.15, 0.2) is 5.41 Å². The molecule has 2 aromatic carbocycles. The number of anilines is 2. The van der Waals surface area contributed by atoms with Gasteiger partial charge in [-0.1, -0.05) is 36.4 Å². The monoisotopic (exact) mass is 492 g/mol. The maximum atomic E-state index is 13.8. The average Bonchev–Trinajstić information content (AvgIpc) is 3.43. The minimum atomic E-state index is -1.79. The third-order valence-electron chi connectivity index (χ3n) is 7.06. The summed E-state index contributed by atoms with van der Waals surface area (Å²) in [5.41, 5.74) is 6.17. The van der Waals surface area contributed by atoms with E-state index in [0.717, 1.165) is 15.9 Å². The van der Waals surface area contributed by atoms with Gasteiger partial charge in [0.1, 0.15) is 21.1 Å². The van der Waals surface area contributed by atoms with Gasteiger partial charge in [-0.25, -0.2) is 0 Å². The normalized spacial score (nSPS) is 21.5. The first-order valence-electron chi connectivity index (χ1n) is 10.9. The van der Waals surface area contributed by atoms with Gasteiger partial charge in [0.2, 0.25) is 5.91 Å². The molecule has 1 aromatic heterocycles. The van der Waals surface area contributed by atoms with E-state index in [9.17, 15) is 24.9 Å². The van der Waals surface area contributed by atoms with Crippen LogP contribution in [-0.4, -0.2) is 30.5 Å². The van der Waals surface area contributed by atoms with Crippen LogP contribution in [0.15, 0.2) is 58.9 Å². The number of nitriles is 2. The zero-order chi connectivity index (χ0) is 25.5. The molecule has 36 heavy (non-hydrogen) atoms. The molecule has 10 heteroatoms. The first-order valence-corrected chi connectivity index (χ1v) is 11.7. The van der Waals surface area contributed by atoms with Crippen molar-refractivity contribution in [2.45, 2.75) is 5.41 Å². The number of rotatable bonds is 0. The van der Waals surface area contributed by atoms with E-state index in [1.807, 2.05) is 6.07 Å². The molecule has 1 atom stereocenters. The molecule has 4 heterocycles. The van der Waals surface area contributed by atoms with Crippen LogP contribution in [0.4, 0.5) is 11.4 Å². The number of nitrogens with two attached hydrogens (primary N) is 1. The predicted molar refractivity (Wildman–Crippen MR) is 134 cm³/mol. The Morgan fingerprint density at radius 3 is 2.22 bits per heavy atom. The number of amides is 2. The number of likely N-dealkylation sites (N-methyl/N-ethyl adjacent to an activating group) is 2. The fraction of sp³-hybridized carbons (Fsp3) is 0.115. The van der Waals surface area contributed by atoms with E-state index in [-0.39, 0.29) is 37.6 Å². The molecule has 2 N–H and O–H groups in total. The summed E-state index contributed by atoms with van der Waals surface area (Å²) in [4.78, 5) is 43.6. The molecule has 6 rings (SSSR count). The van der Waals surface area contributed by atoms with Crippen molar-refractivity contribution >= 4 is 51.5 Å². The second kappa shape index (κ2) is 7.04. The number of hydrogen-bond acceptors (Lipinski definition) is 7. The first-order chi connectivity index (χ1) is 17.3. The lowest BCUT2D eigenvalue weighted by Crippen LogP contribution is -2.49. The molecule has 3 aliphatic rings. The number of aromatic nitrogens is 1. The summed E-state index contributed by atoms with van der Waals surface area (Å²) in [6.07, 6.45) is 0. The third-order valence-corrected chi connectivity index (χ3v) is 8.22. The summed E-state index contributed by atoms with van der Waals surface area (Å²) in [6, 6.07) is 18.1. The van der Waals surface area contributed by atoms with Crippen LogP contribution in [0.3, 0.4) is 0 Å². The van der Waals surface area contributed by atoms with Gasteiger partial charge >= 0.3 is 0 Å². The number of nitrogens with zero attached hydrogens (tertiary/aromatic N) is 5. The van der Waals surface area contributed by atoms with E-state index in [2.05, 4.69) is 6.07 Å². The number of para-hydroxylation sites is 2. The fourth-order valence-electron chi connectivity index (χ4n) is 5.41. The van der Waals surface area contributed by atoms with Crippen LogP contribution in [0.2, 0.25) is 0 Å². The van der Waals surface area contributed by atoms with E-state index in [4.69, 9.17) is 5.73 Å². The lowest BCUT2D eigenvalue weighted by atomic mass is 9.69. The van der Waals surface area contributed by atoms with Crippen LogP contribution in [0.1, 0.15) is 11.1 Å². The van der Waals surface area contributed by atoms with Crippen LogP contribution in [0.25, 0.3) is 17.0 Å². The highest BCUT2D eigenvalue weighted by Crippen LogP contribution is 2.51. The van der Waals surface area contributed by atoms with Crippen molar-refractivity contribution in [1.29, 1.82) is 10.5 Å². The Kier molecular flexibility index (Phi) is 4.22. The van der Waals surface area contributed by atoms with Gasteiger partial charge in [0.05, 0.1) is 28.5 Å². The third kappa shape index (κ3) is 2.24. The Labute approximate surface area is 208 Å². The van der Waals surface area contributed by atoms with E-state index in [0.29, 0.717) is 22.5 Å². The van der Waals surface area contributed by atoms with Crippen LogP contribution in [0.5, 0.6) is 0 Å². The summed E-state index contributed by atoms with van der Waals surface area (Å²) >= 11 is 0.928. The second-order valence-electron chi connectivity index (χ2n) is 8.62. The first kappa shape index (κ1) is 21.6. The average molecular weight is 493 g/mol. The highest BCUT2D eigenvalue weighted by molar-refractivity contribution is 7.08. The summed E-state index contributed by atoms with van der Waals surface area (Å²) < 4.78 is 1.29. The van der Waals surface area contributed by atoms with Gasteiger partial charge in [0, 0.05) is 30.9 Å². The van der Waals surface area contributed by atoms with Gasteiger partial charge in [-0.3, -0.25) is 19.0 Å². The number of benzene rings is 2. The Morgan fingerprint density at radius 2 is 1.53 bits per heavy atom. The quantitative estimate of drug-likeness (QED) is 0.481. The van der Waals surface area contributed by atoms with Crippen molar-refractivity contribution in [3.8, 4) is 12.1 Å². The Hall–Kier alpha value is -4.93. The highest BCUT2D eigenvalue weighted by Gasteiger charge is 2.59. The summed E-state index contributed by atoms with van der Waals surface area (Å²) in [5, 5.41) is 20.6. The highest BCUT2D eigenvalue weighted by atomic mass is 32.1. The molecule has 3 aromatic rings. The van der Waals surface area contributed by atoms with Crippen molar-refractivity contribution in [2.75, 3.05) is 23.9 Å². The molecule has 9 nitrogen and oxygen atoms in total. The summed E-state index contributed by atoms with van der Waals surface area (Å²) in [5.74, 6) is -1.11. The van der Waals surface area contributed by atoms with Gasteiger partial charge in [-0.05, 0) is 12.1 Å². The van der Waals surface area contributed by atoms with Crippen molar-refractivity contribution in [2.24, 2.45) is 5.73 Å². The molecule has 0 saturated carbocycles. The minimum Gasteiger partial charge on any atom is -0.384 e. The zero-order valence-electron chi connectivity index (χ0n) is 19.1. The molecule has 0 radical (unpaired) electrons. The number of thiazole rings is 1. The van der Waals surface area contributed by atoms with Gasteiger partial charge in [0.25, 0.3) is 11.5 Å². The molecule has 174 valence electrons. The number of carbonyl (C=O) groups is 2. The summed E-state index contributed by atoms with van der Waals surface area (Å²) in [6.45, 7) is 0. The van der Waals surface area contributed by atoms with E-state index in [1.54, 1.807) is 62.6 Å². The molecular formula is C26H16N6O3S. The van der Waals surface area contributed by atoms with Crippen LogP contribution in [0, 0.1) is 22.7 Å². The molecule has 0 fully saturated rings. The van der Waals surface area contributed by atoms with Gasteiger partial charge in [-0.15, -0.1) is 11.3 Å². The number of carbonyl (C=O) groups excluding carboxylic acids is 2. The fourth-order valence-corrected chi connectivity index (χ4v) is 6.66. The lowest BCUT2D eigenvalue weighted by molar-refractivity contribution is -0.120. The molecule has 0 bridgehead atoms. The molecule has 0 saturated heterocycles. The minimum absolute atomic E-state index is 0.0731. The molecule has 1 unspecified atom stereocenters. The Morgan fingerprint density at radius 1 is 0.889 bits per heavy atom. The van der Waals surface area contributed by atoms with Crippen molar-refractivity contribution in [3.05, 3.63) is 84.8 Å². The molecular weight excluding hydrogens is 476 g/mol. The Bertz CT molecular complexity index is 1880. The maximum Gasteiger partial charge on any atom is 0.275 e. The van der Waals surface area contributed by atoms with Crippen LogP contribution < -0.4 is 30.3 Å². The molecule has 3 aliphatic heterocycles. The molecule has 1 spiro atoms. The van der Waals surface area contributed by atoms with Crippen molar-refractivity contribution in [1.82, 2.24) is 4.57 Å². The van der Waals surface area contributed by atoms with Crippen LogP contribution in [-0.2, 0) is 15.0 Å². The standard InChI is InChI=1S/C26H16N6O3S/c1-30-17-9-5-3-7-13(17)19(22(30)33)20-23(34)32-21(29)15(11-27)26(16(12-28)24(32)36-20)14-8-4-6-10-18(14)31(2)25(26)35/h3-10H,29H2,1-2H3/b20-19-. The Balaban J connectivity index is 1.84. The predicted octanol–water partition coefficient (Wildman–Crippen LogP) is 0.338. The number of hydrogen-bond donors (Lipinski definition) is 1. The largest absolute Gasteiger partial charge is 0.384 e. The maximum absolute atomic E-state index is 13.8. The van der Waals surface area contributed by atoms with Crippen LogP contribution >= 0.6 is 11.3 Å². The van der Waals surface area contributed by atoms with Gasteiger partial charge in [-0.2, -0.15) is 10.5 Å². The number of fused-ring (bicyclic) bond motifs is 4. The van der Waals surface area contributed by atoms with Crippen molar-refractivity contribution < 1.29 is 9.59 Å². The second-order valence-corrected chi connectivity index (χ2v) is 9.62. The molecule has 0 aliphatic carbocycles. The van der Waals surface area contributed by atoms with Gasteiger partial charge < -0.3 is 15.5 Å². The smallest absolute Gasteiger partial charge is 0.275 e.